The third-order valence-corrected chi connectivity index (χ3v) is 5.00. The van der Waals surface area contributed by atoms with Crippen LogP contribution in [0.2, 0.25) is 5.02 Å². The maximum absolute atomic E-state index is 12.6. The first-order valence-corrected chi connectivity index (χ1v) is 10.4. The number of nitrogens with one attached hydrogen (secondary N) is 1. The molecule has 172 valence electrons. The number of hydrogen-bond donors (Lipinski definition) is 1. The van der Waals surface area contributed by atoms with Gasteiger partial charge in [0.1, 0.15) is 0 Å². The zero-order valence-corrected chi connectivity index (χ0v) is 18.6. The number of methoxy groups -OCH3 is 1. The summed E-state index contributed by atoms with van der Waals surface area (Å²) in [6.45, 7) is 0.267. The van der Waals surface area contributed by atoms with Crippen molar-refractivity contribution in [2.24, 2.45) is 0 Å². The van der Waals surface area contributed by atoms with Crippen LogP contribution < -0.4 is 14.8 Å². The first-order chi connectivity index (χ1) is 16.4. The van der Waals surface area contributed by atoms with Crippen LogP contribution >= 0.6 is 11.6 Å². The third kappa shape index (κ3) is 5.13. The lowest BCUT2D eigenvalue weighted by Crippen LogP contribution is -2.23. The Bertz CT molecular complexity index is 1330. The minimum Gasteiger partial charge on any atom is -0.493 e. The van der Waals surface area contributed by atoms with Gasteiger partial charge >= 0.3 is 5.69 Å². The monoisotopic (exact) mass is 479 g/mol. The molecule has 1 N–H and O–H groups in total. The van der Waals surface area contributed by atoms with E-state index >= 15 is 0 Å². The van der Waals surface area contributed by atoms with Gasteiger partial charge in [-0.1, -0.05) is 17.7 Å². The molecule has 2 aromatic heterocycles. The van der Waals surface area contributed by atoms with Crippen molar-refractivity contribution >= 4 is 23.2 Å². The maximum Gasteiger partial charge on any atom is 0.313 e. The molecule has 2 aromatic carbocycles. The minimum absolute atomic E-state index is 0.00374. The molecule has 4 rings (SSSR count). The van der Waals surface area contributed by atoms with Gasteiger partial charge in [0.25, 0.3) is 5.91 Å². The number of nitrogens with zero attached hydrogens (tertiary/aromatic N) is 4. The average molecular weight is 480 g/mol. The van der Waals surface area contributed by atoms with Gasteiger partial charge in [-0.3, -0.25) is 14.9 Å². The summed E-state index contributed by atoms with van der Waals surface area (Å²) in [5.74, 6) is 0.779. The first kappa shape index (κ1) is 22.7. The van der Waals surface area contributed by atoms with Gasteiger partial charge < -0.3 is 14.8 Å². The van der Waals surface area contributed by atoms with Crippen LogP contribution in [0.15, 0.2) is 73.2 Å². The van der Waals surface area contributed by atoms with E-state index in [4.69, 9.17) is 21.1 Å². The Labute approximate surface area is 198 Å². The predicted molar refractivity (Wildman–Crippen MR) is 124 cm³/mol. The number of halogens is 1. The van der Waals surface area contributed by atoms with E-state index in [1.54, 1.807) is 35.4 Å². The Hall–Kier alpha value is -4.44. The van der Waals surface area contributed by atoms with Gasteiger partial charge in [-0.15, -0.1) is 0 Å². The summed E-state index contributed by atoms with van der Waals surface area (Å²) < 4.78 is 12.6. The SMILES string of the molecule is COc1cc(C(=O)NCc2ccc(-n3cccn3)nc2)ccc1Oc1ccc(Cl)cc1[N+](=O)[O-]. The second-order valence-electron chi connectivity index (χ2n) is 6.99. The van der Waals surface area contributed by atoms with Gasteiger partial charge in [-0.25, -0.2) is 9.67 Å². The highest BCUT2D eigenvalue weighted by molar-refractivity contribution is 6.30. The molecule has 1 amide bonds. The number of nitro groups is 1. The van der Waals surface area contributed by atoms with E-state index in [-0.39, 0.29) is 40.4 Å². The second-order valence-corrected chi connectivity index (χ2v) is 7.43. The average Bonchev–Trinajstić information content (AvgIpc) is 3.39. The van der Waals surface area contributed by atoms with Gasteiger partial charge in [0.05, 0.1) is 12.0 Å². The number of hydrogen-bond acceptors (Lipinski definition) is 7. The summed E-state index contributed by atoms with van der Waals surface area (Å²) in [5.41, 5.74) is 0.853. The summed E-state index contributed by atoms with van der Waals surface area (Å²) in [5, 5.41) is 18.5. The molecule has 0 fully saturated rings. The van der Waals surface area contributed by atoms with Gasteiger partial charge in [0, 0.05) is 41.8 Å². The quantitative estimate of drug-likeness (QED) is 0.290. The van der Waals surface area contributed by atoms with Crippen molar-refractivity contribution in [3.05, 3.63) is 99.5 Å². The fraction of sp³-hybridized carbons (Fsp3) is 0.0870. The molecule has 2 heterocycles. The molecule has 0 aliphatic carbocycles. The lowest BCUT2D eigenvalue weighted by molar-refractivity contribution is -0.385. The lowest BCUT2D eigenvalue weighted by atomic mass is 10.1. The van der Waals surface area contributed by atoms with Crippen LogP contribution in [0.5, 0.6) is 17.2 Å². The minimum atomic E-state index is -0.591. The van der Waals surface area contributed by atoms with Crippen molar-refractivity contribution in [2.75, 3.05) is 7.11 Å². The van der Waals surface area contributed by atoms with Gasteiger partial charge in [0.2, 0.25) is 5.75 Å². The Morgan fingerprint density at radius 3 is 2.65 bits per heavy atom. The molecular weight excluding hydrogens is 462 g/mol. The first-order valence-electron chi connectivity index (χ1n) is 9.97. The fourth-order valence-electron chi connectivity index (χ4n) is 3.08. The van der Waals surface area contributed by atoms with Gasteiger partial charge in [-0.2, -0.15) is 5.10 Å². The number of carbonyl (C=O) groups is 1. The van der Waals surface area contributed by atoms with Crippen LogP contribution in [0.1, 0.15) is 15.9 Å². The molecule has 0 radical (unpaired) electrons. The van der Waals surface area contributed by atoms with Gasteiger partial charge in [0.15, 0.2) is 17.3 Å². The molecule has 4 aromatic rings. The fourth-order valence-corrected chi connectivity index (χ4v) is 3.24. The highest BCUT2D eigenvalue weighted by Gasteiger charge is 2.19. The number of ether oxygens (including phenoxy) is 2. The van der Waals surface area contributed by atoms with Crippen molar-refractivity contribution in [1.82, 2.24) is 20.1 Å². The Morgan fingerprint density at radius 2 is 1.97 bits per heavy atom. The number of aromatic nitrogens is 3. The molecule has 0 bridgehead atoms. The number of benzene rings is 2. The van der Waals surface area contributed by atoms with Crippen molar-refractivity contribution < 1.29 is 19.2 Å². The topological polar surface area (TPSA) is 121 Å². The van der Waals surface area contributed by atoms with Crippen molar-refractivity contribution in [1.29, 1.82) is 0 Å². The van der Waals surface area contributed by atoms with Crippen LogP contribution in [0, 0.1) is 10.1 Å². The van der Waals surface area contributed by atoms with Crippen LogP contribution in [0.3, 0.4) is 0 Å². The molecule has 0 aliphatic heterocycles. The summed E-state index contributed by atoms with van der Waals surface area (Å²) in [6.07, 6.45) is 5.11. The number of amides is 1. The molecule has 0 spiro atoms. The van der Waals surface area contributed by atoms with E-state index < -0.39 is 4.92 Å². The Kier molecular flexibility index (Phi) is 6.69. The summed E-state index contributed by atoms with van der Waals surface area (Å²) in [6, 6.07) is 14.1. The molecule has 10 nitrogen and oxygen atoms in total. The zero-order chi connectivity index (χ0) is 24.1. The lowest BCUT2D eigenvalue weighted by Gasteiger charge is -2.12. The Balaban J connectivity index is 1.45. The standard InChI is InChI=1S/C23H18ClN5O5/c1-33-21-11-16(4-6-20(21)34-19-7-5-17(24)12-18(19)29(31)32)23(30)26-14-15-3-8-22(25-13-15)28-10-2-9-27-28/h2-13H,14H2,1H3,(H,26,30). The Morgan fingerprint density at radius 1 is 1.15 bits per heavy atom. The number of carbonyl (C=O) groups excluding carboxylic acids is 1. The van der Waals surface area contributed by atoms with E-state index in [0.717, 1.165) is 5.56 Å². The van der Waals surface area contributed by atoms with Crippen molar-refractivity contribution in [3.63, 3.8) is 0 Å². The van der Waals surface area contributed by atoms with Crippen LogP contribution in [-0.4, -0.2) is 32.7 Å². The van der Waals surface area contributed by atoms with Gasteiger partial charge in [-0.05, 0) is 48.0 Å². The highest BCUT2D eigenvalue weighted by Crippen LogP contribution is 2.37. The normalized spacial score (nSPS) is 10.5. The van der Waals surface area contributed by atoms with E-state index in [1.807, 2.05) is 6.07 Å². The van der Waals surface area contributed by atoms with E-state index in [9.17, 15) is 14.9 Å². The molecule has 34 heavy (non-hydrogen) atoms. The molecule has 0 aliphatic rings. The molecule has 0 saturated heterocycles. The molecule has 0 unspecified atom stereocenters. The molecule has 11 heteroatoms. The highest BCUT2D eigenvalue weighted by atomic mass is 35.5. The van der Waals surface area contributed by atoms with Crippen LogP contribution in [-0.2, 0) is 6.54 Å². The van der Waals surface area contributed by atoms with Crippen molar-refractivity contribution in [3.8, 4) is 23.1 Å². The number of nitro benzene ring substituents is 1. The largest absolute Gasteiger partial charge is 0.493 e. The number of rotatable bonds is 8. The number of pyridine rings is 1. The summed E-state index contributed by atoms with van der Waals surface area (Å²) in [7, 11) is 1.41. The van der Waals surface area contributed by atoms with Crippen molar-refractivity contribution in [2.45, 2.75) is 6.54 Å². The summed E-state index contributed by atoms with van der Waals surface area (Å²) >= 11 is 5.85. The third-order valence-electron chi connectivity index (χ3n) is 4.76. The summed E-state index contributed by atoms with van der Waals surface area (Å²) in [4.78, 5) is 27.7. The molecular formula is C23H18ClN5O5. The van der Waals surface area contributed by atoms with Crippen LogP contribution in [0.4, 0.5) is 5.69 Å². The smallest absolute Gasteiger partial charge is 0.313 e. The van der Waals surface area contributed by atoms with Crippen LogP contribution in [0.25, 0.3) is 5.82 Å². The van der Waals surface area contributed by atoms with E-state index in [1.165, 1.54) is 43.5 Å². The molecule has 0 saturated carbocycles. The molecule has 0 atom stereocenters. The maximum atomic E-state index is 12.6. The van der Waals surface area contributed by atoms with E-state index in [0.29, 0.717) is 11.4 Å². The predicted octanol–water partition coefficient (Wildman–Crippen LogP) is 4.56. The zero-order valence-electron chi connectivity index (χ0n) is 17.8. The second kappa shape index (κ2) is 10.0. The van der Waals surface area contributed by atoms with E-state index in [2.05, 4.69) is 15.4 Å².